The van der Waals surface area contributed by atoms with Gasteiger partial charge < -0.3 is 15.0 Å². The third-order valence-electron chi connectivity index (χ3n) is 4.26. The number of nitrogens with zero attached hydrogens (tertiary/aromatic N) is 1. The molecule has 0 unspecified atom stereocenters. The number of piperazine rings is 1. The molecule has 2 aromatic carbocycles. The molecule has 1 aliphatic rings. The van der Waals surface area contributed by atoms with Crippen LogP contribution in [0.1, 0.15) is 11.1 Å². The summed E-state index contributed by atoms with van der Waals surface area (Å²) in [5, 5.41) is 3.88. The normalized spacial score (nSPS) is 15.1. The molecule has 2 aromatic rings. The maximum atomic E-state index is 12.7. The highest BCUT2D eigenvalue weighted by Gasteiger charge is 2.17. The standard InChI is InChI=1S/C20H21ClN2O2/c1-25-16-8-6-15(7-9-16)18(17-4-2-3-5-19(17)21)14-20(24)23-12-10-22-11-13-23/h2-9,14,22H,10-13H2,1H3/b18-14+. The Morgan fingerprint density at radius 3 is 2.44 bits per heavy atom. The number of hydrogen-bond acceptors (Lipinski definition) is 3. The van der Waals surface area contributed by atoms with Gasteiger partial charge in [-0.1, -0.05) is 41.9 Å². The van der Waals surface area contributed by atoms with E-state index in [1.165, 1.54) is 0 Å². The Hall–Kier alpha value is -2.30. The van der Waals surface area contributed by atoms with Crippen molar-refractivity contribution in [2.24, 2.45) is 0 Å². The van der Waals surface area contributed by atoms with E-state index in [1.807, 2.05) is 53.4 Å². The Morgan fingerprint density at radius 1 is 1.12 bits per heavy atom. The van der Waals surface area contributed by atoms with Crippen LogP contribution in [0.15, 0.2) is 54.6 Å². The predicted molar refractivity (Wildman–Crippen MR) is 101 cm³/mol. The number of benzene rings is 2. The van der Waals surface area contributed by atoms with E-state index in [0.717, 1.165) is 35.5 Å². The van der Waals surface area contributed by atoms with Crippen molar-refractivity contribution in [3.8, 4) is 5.75 Å². The summed E-state index contributed by atoms with van der Waals surface area (Å²) in [6.45, 7) is 3.08. The zero-order valence-electron chi connectivity index (χ0n) is 14.2. The molecule has 0 radical (unpaired) electrons. The van der Waals surface area contributed by atoms with E-state index >= 15 is 0 Å². The van der Waals surface area contributed by atoms with Gasteiger partial charge in [-0.05, 0) is 29.3 Å². The quantitative estimate of drug-likeness (QED) is 0.855. The fraction of sp³-hybridized carbons (Fsp3) is 0.250. The summed E-state index contributed by atoms with van der Waals surface area (Å²) >= 11 is 6.40. The van der Waals surface area contributed by atoms with E-state index in [2.05, 4.69) is 5.32 Å². The molecule has 5 heteroatoms. The summed E-state index contributed by atoms with van der Waals surface area (Å²) in [6.07, 6.45) is 1.69. The van der Waals surface area contributed by atoms with Gasteiger partial charge >= 0.3 is 0 Å². The first-order valence-corrected chi connectivity index (χ1v) is 8.67. The second-order valence-corrected chi connectivity index (χ2v) is 6.25. The van der Waals surface area contributed by atoms with E-state index in [-0.39, 0.29) is 5.91 Å². The second kappa shape index (κ2) is 8.19. The minimum absolute atomic E-state index is 0.00670. The summed E-state index contributed by atoms with van der Waals surface area (Å²) in [6, 6.07) is 15.2. The van der Waals surface area contributed by atoms with Crippen LogP contribution in [-0.2, 0) is 4.79 Å². The molecular weight excluding hydrogens is 336 g/mol. The van der Waals surface area contributed by atoms with Crippen LogP contribution in [0.5, 0.6) is 5.75 Å². The molecular formula is C20H21ClN2O2. The maximum absolute atomic E-state index is 12.7. The van der Waals surface area contributed by atoms with Crippen molar-refractivity contribution in [1.29, 1.82) is 0 Å². The lowest BCUT2D eigenvalue weighted by Crippen LogP contribution is -2.45. The van der Waals surface area contributed by atoms with Gasteiger partial charge in [0.1, 0.15) is 5.75 Å². The summed E-state index contributed by atoms with van der Waals surface area (Å²) in [7, 11) is 1.63. The molecule has 0 saturated carbocycles. The molecule has 25 heavy (non-hydrogen) atoms. The zero-order valence-corrected chi connectivity index (χ0v) is 14.9. The molecule has 1 heterocycles. The first-order chi connectivity index (χ1) is 12.2. The molecule has 3 rings (SSSR count). The van der Waals surface area contributed by atoms with E-state index in [9.17, 15) is 4.79 Å². The van der Waals surface area contributed by atoms with Crippen LogP contribution in [-0.4, -0.2) is 44.1 Å². The van der Waals surface area contributed by atoms with E-state index in [4.69, 9.17) is 16.3 Å². The molecule has 1 N–H and O–H groups in total. The minimum Gasteiger partial charge on any atom is -0.497 e. The van der Waals surface area contributed by atoms with Gasteiger partial charge in [-0.25, -0.2) is 0 Å². The summed E-state index contributed by atoms with van der Waals surface area (Å²) in [5.74, 6) is 0.780. The Morgan fingerprint density at radius 2 is 1.80 bits per heavy atom. The number of carbonyl (C=O) groups is 1. The van der Waals surface area contributed by atoms with Crippen molar-refractivity contribution in [2.45, 2.75) is 0 Å². The fourth-order valence-electron chi connectivity index (χ4n) is 2.87. The first-order valence-electron chi connectivity index (χ1n) is 8.29. The molecule has 1 saturated heterocycles. The van der Waals surface area contributed by atoms with Gasteiger partial charge in [0.15, 0.2) is 0 Å². The molecule has 0 aliphatic carbocycles. The largest absolute Gasteiger partial charge is 0.497 e. The molecule has 0 bridgehead atoms. The SMILES string of the molecule is COc1ccc(/C(=C\C(=O)N2CCNCC2)c2ccccc2Cl)cc1. The van der Waals surface area contributed by atoms with Gasteiger partial charge in [0, 0.05) is 42.8 Å². The highest BCUT2D eigenvalue weighted by Crippen LogP contribution is 2.30. The third-order valence-corrected chi connectivity index (χ3v) is 4.59. The number of carbonyl (C=O) groups excluding carboxylic acids is 1. The smallest absolute Gasteiger partial charge is 0.247 e. The van der Waals surface area contributed by atoms with Gasteiger partial charge in [0.25, 0.3) is 0 Å². The highest BCUT2D eigenvalue weighted by atomic mass is 35.5. The Bertz CT molecular complexity index is 766. The lowest BCUT2D eigenvalue weighted by atomic mass is 9.97. The number of hydrogen-bond donors (Lipinski definition) is 1. The maximum Gasteiger partial charge on any atom is 0.247 e. The van der Waals surface area contributed by atoms with Crippen LogP contribution in [0.25, 0.3) is 5.57 Å². The van der Waals surface area contributed by atoms with Crippen LogP contribution < -0.4 is 10.1 Å². The topological polar surface area (TPSA) is 41.6 Å². The van der Waals surface area contributed by atoms with Crippen LogP contribution in [0.3, 0.4) is 0 Å². The van der Waals surface area contributed by atoms with Crippen molar-refractivity contribution < 1.29 is 9.53 Å². The second-order valence-electron chi connectivity index (χ2n) is 5.84. The number of halogens is 1. The van der Waals surface area contributed by atoms with Gasteiger partial charge in [-0.3, -0.25) is 4.79 Å². The Balaban J connectivity index is 2.00. The predicted octanol–water partition coefficient (Wildman–Crippen LogP) is 3.21. The van der Waals surface area contributed by atoms with Crippen LogP contribution >= 0.6 is 11.6 Å². The molecule has 1 aliphatic heterocycles. The van der Waals surface area contributed by atoms with Gasteiger partial charge in [0.2, 0.25) is 5.91 Å². The van der Waals surface area contributed by atoms with Gasteiger partial charge in [-0.2, -0.15) is 0 Å². The molecule has 0 spiro atoms. The molecule has 0 atom stereocenters. The first kappa shape index (κ1) is 17.5. The lowest BCUT2D eigenvalue weighted by Gasteiger charge is -2.26. The van der Waals surface area contributed by atoms with Crippen molar-refractivity contribution >= 4 is 23.1 Å². The molecule has 1 amide bonds. The minimum atomic E-state index is 0.00670. The van der Waals surface area contributed by atoms with Crippen LogP contribution in [0, 0.1) is 0 Å². The Labute approximate surface area is 153 Å². The average molecular weight is 357 g/mol. The van der Waals surface area contributed by atoms with Crippen LogP contribution in [0.4, 0.5) is 0 Å². The molecule has 130 valence electrons. The number of methoxy groups -OCH3 is 1. The summed E-state index contributed by atoms with van der Waals surface area (Å²) in [4.78, 5) is 14.6. The number of rotatable bonds is 4. The van der Waals surface area contributed by atoms with E-state index in [0.29, 0.717) is 18.1 Å². The monoisotopic (exact) mass is 356 g/mol. The lowest BCUT2D eigenvalue weighted by molar-refractivity contribution is -0.126. The average Bonchev–Trinajstić information content (AvgIpc) is 2.67. The van der Waals surface area contributed by atoms with Crippen molar-refractivity contribution in [1.82, 2.24) is 10.2 Å². The highest BCUT2D eigenvalue weighted by molar-refractivity contribution is 6.32. The van der Waals surface area contributed by atoms with Crippen LogP contribution in [0.2, 0.25) is 5.02 Å². The van der Waals surface area contributed by atoms with Crippen molar-refractivity contribution in [3.05, 3.63) is 70.8 Å². The van der Waals surface area contributed by atoms with Gasteiger partial charge in [-0.15, -0.1) is 0 Å². The van der Waals surface area contributed by atoms with Gasteiger partial charge in [0.05, 0.1) is 7.11 Å². The number of ether oxygens (including phenoxy) is 1. The molecule has 4 nitrogen and oxygen atoms in total. The summed E-state index contributed by atoms with van der Waals surface area (Å²) < 4.78 is 5.23. The van der Waals surface area contributed by atoms with E-state index < -0.39 is 0 Å². The van der Waals surface area contributed by atoms with Crippen molar-refractivity contribution in [2.75, 3.05) is 33.3 Å². The number of amides is 1. The third kappa shape index (κ3) is 4.21. The summed E-state index contributed by atoms with van der Waals surface area (Å²) in [5.41, 5.74) is 2.59. The fourth-order valence-corrected chi connectivity index (χ4v) is 3.10. The number of nitrogens with one attached hydrogen (secondary N) is 1. The van der Waals surface area contributed by atoms with Crippen molar-refractivity contribution in [3.63, 3.8) is 0 Å². The Kier molecular flexibility index (Phi) is 5.74. The molecule has 0 aromatic heterocycles. The van der Waals surface area contributed by atoms with E-state index in [1.54, 1.807) is 13.2 Å². The molecule has 1 fully saturated rings. The zero-order chi connectivity index (χ0) is 17.6.